The Hall–Kier alpha value is -1.95. The van der Waals surface area contributed by atoms with E-state index in [9.17, 15) is 14.0 Å². The van der Waals surface area contributed by atoms with Gasteiger partial charge in [-0.2, -0.15) is 0 Å². The van der Waals surface area contributed by atoms with E-state index in [2.05, 4.69) is 0 Å². The molecule has 2 fully saturated rings. The lowest BCUT2D eigenvalue weighted by atomic mass is 10.1. The molecule has 112 valence electrons. The molecular formula is C15H18FN3O2. The first-order valence-electron chi connectivity index (χ1n) is 7.15. The summed E-state index contributed by atoms with van der Waals surface area (Å²) in [5, 5.41) is 0. The van der Waals surface area contributed by atoms with E-state index in [0.29, 0.717) is 17.7 Å². The lowest BCUT2D eigenvalue weighted by molar-refractivity contribution is -0.154. The maximum absolute atomic E-state index is 13.5. The van der Waals surface area contributed by atoms with Gasteiger partial charge in [0, 0.05) is 19.6 Å². The molecule has 2 saturated heterocycles. The number of amides is 2. The van der Waals surface area contributed by atoms with Crippen LogP contribution in [-0.2, 0) is 22.7 Å². The van der Waals surface area contributed by atoms with Gasteiger partial charge in [0.15, 0.2) is 0 Å². The summed E-state index contributed by atoms with van der Waals surface area (Å²) >= 11 is 0. The molecule has 0 aliphatic carbocycles. The number of carbonyl (C=O) groups excluding carboxylic acids is 2. The summed E-state index contributed by atoms with van der Waals surface area (Å²) in [5.74, 6) is -0.426. The minimum atomic E-state index is -0.369. The number of carbonyl (C=O) groups is 2. The van der Waals surface area contributed by atoms with E-state index in [1.165, 1.54) is 17.0 Å². The number of piperazine rings is 1. The molecular weight excluding hydrogens is 273 g/mol. The monoisotopic (exact) mass is 291 g/mol. The molecule has 2 aliphatic rings. The summed E-state index contributed by atoms with van der Waals surface area (Å²) in [5.41, 5.74) is 6.89. The van der Waals surface area contributed by atoms with Crippen LogP contribution < -0.4 is 5.73 Å². The van der Waals surface area contributed by atoms with Crippen molar-refractivity contribution in [1.82, 2.24) is 9.80 Å². The summed E-state index contributed by atoms with van der Waals surface area (Å²) in [4.78, 5) is 27.6. The van der Waals surface area contributed by atoms with Crippen LogP contribution in [0.25, 0.3) is 0 Å². The van der Waals surface area contributed by atoms with Gasteiger partial charge in [0.25, 0.3) is 0 Å². The van der Waals surface area contributed by atoms with Crippen molar-refractivity contribution in [2.45, 2.75) is 32.0 Å². The third kappa shape index (κ3) is 2.63. The van der Waals surface area contributed by atoms with E-state index in [-0.39, 0.29) is 43.3 Å². The first kappa shape index (κ1) is 14.0. The fourth-order valence-electron chi connectivity index (χ4n) is 3.15. The SMILES string of the molecule is NCc1cc(F)cc(CN2CC(=O)N3CCCC3C2=O)c1. The van der Waals surface area contributed by atoms with Gasteiger partial charge in [0.05, 0.1) is 0 Å². The third-order valence-corrected chi connectivity index (χ3v) is 4.12. The molecule has 6 heteroatoms. The van der Waals surface area contributed by atoms with E-state index in [1.807, 2.05) is 0 Å². The molecule has 0 spiro atoms. The summed E-state index contributed by atoms with van der Waals surface area (Å²) in [6, 6.07) is 4.22. The molecule has 1 aromatic rings. The van der Waals surface area contributed by atoms with Crippen molar-refractivity contribution in [3.8, 4) is 0 Å². The fourth-order valence-corrected chi connectivity index (χ4v) is 3.15. The highest BCUT2D eigenvalue weighted by Gasteiger charge is 2.41. The molecule has 0 aromatic heterocycles. The average Bonchev–Trinajstić information content (AvgIpc) is 2.94. The van der Waals surface area contributed by atoms with Crippen LogP contribution in [-0.4, -0.2) is 40.7 Å². The highest BCUT2D eigenvalue weighted by Crippen LogP contribution is 2.25. The standard InChI is InChI=1S/C15H18FN3O2/c16-12-5-10(7-17)4-11(6-12)8-18-9-14(20)19-3-1-2-13(19)15(18)21/h4-6,13H,1-3,7-9,17H2. The smallest absolute Gasteiger partial charge is 0.246 e. The molecule has 0 bridgehead atoms. The minimum Gasteiger partial charge on any atom is -0.329 e. The number of benzene rings is 1. The van der Waals surface area contributed by atoms with Gasteiger partial charge in [-0.3, -0.25) is 9.59 Å². The van der Waals surface area contributed by atoms with Crippen LogP contribution in [0.2, 0.25) is 0 Å². The van der Waals surface area contributed by atoms with Crippen molar-refractivity contribution >= 4 is 11.8 Å². The van der Waals surface area contributed by atoms with Gasteiger partial charge in [0.2, 0.25) is 11.8 Å². The zero-order chi connectivity index (χ0) is 15.0. The molecule has 1 unspecified atom stereocenters. The van der Waals surface area contributed by atoms with Gasteiger partial charge >= 0.3 is 0 Å². The van der Waals surface area contributed by atoms with E-state index < -0.39 is 0 Å². The van der Waals surface area contributed by atoms with Crippen molar-refractivity contribution in [2.75, 3.05) is 13.1 Å². The lowest BCUT2D eigenvalue weighted by Gasteiger charge is -2.36. The molecule has 0 radical (unpaired) electrons. The normalized spacial score (nSPS) is 21.9. The summed E-state index contributed by atoms with van der Waals surface area (Å²) in [7, 11) is 0. The van der Waals surface area contributed by atoms with Gasteiger partial charge in [0.1, 0.15) is 18.4 Å². The van der Waals surface area contributed by atoms with Crippen LogP contribution in [0.15, 0.2) is 18.2 Å². The predicted octanol–water partition coefficient (Wildman–Crippen LogP) is 0.618. The number of nitrogens with two attached hydrogens (primary N) is 1. The third-order valence-electron chi connectivity index (χ3n) is 4.12. The Balaban J connectivity index is 1.79. The molecule has 3 rings (SSSR count). The van der Waals surface area contributed by atoms with Gasteiger partial charge < -0.3 is 15.5 Å². The van der Waals surface area contributed by atoms with Gasteiger partial charge in [-0.25, -0.2) is 4.39 Å². The molecule has 21 heavy (non-hydrogen) atoms. The Kier molecular flexibility index (Phi) is 3.63. The molecule has 2 heterocycles. The molecule has 1 atom stereocenters. The summed E-state index contributed by atoms with van der Waals surface area (Å²) in [6.07, 6.45) is 1.59. The largest absolute Gasteiger partial charge is 0.329 e. The first-order chi connectivity index (χ1) is 10.1. The Labute approximate surface area is 122 Å². The van der Waals surface area contributed by atoms with Crippen LogP contribution in [0, 0.1) is 5.82 Å². The highest BCUT2D eigenvalue weighted by molar-refractivity contribution is 5.95. The van der Waals surface area contributed by atoms with Crippen LogP contribution in [0.4, 0.5) is 4.39 Å². The lowest BCUT2D eigenvalue weighted by Crippen LogP contribution is -2.56. The second-order valence-corrected chi connectivity index (χ2v) is 5.61. The molecule has 0 saturated carbocycles. The van der Waals surface area contributed by atoms with Crippen molar-refractivity contribution < 1.29 is 14.0 Å². The van der Waals surface area contributed by atoms with Crippen LogP contribution in [0.1, 0.15) is 24.0 Å². The maximum atomic E-state index is 13.5. The van der Waals surface area contributed by atoms with Gasteiger partial charge in [-0.1, -0.05) is 6.07 Å². The number of hydrogen-bond acceptors (Lipinski definition) is 3. The van der Waals surface area contributed by atoms with E-state index in [0.717, 1.165) is 12.8 Å². The maximum Gasteiger partial charge on any atom is 0.246 e. The molecule has 2 amide bonds. The zero-order valence-corrected chi connectivity index (χ0v) is 11.7. The Morgan fingerprint density at radius 1 is 1.24 bits per heavy atom. The predicted molar refractivity (Wildman–Crippen MR) is 74.4 cm³/mol. The zero-order valence-electron chi connectivity index (χ0n) is 11.7. The van der Waals surface area contributed by atoms with E-state index >= 15 is 0 Å². The van der Waals surface area contributed by atoms with Crippen LogP contribution in [0.3, 0.4) is 0 Å². The minimum absolute atomic E-state index is 0.0208. The fraction of sp³-hybridized carbons (Fsp3) is 0.467. The van der Waals surface area contributed by atoms with Crippen molar-refractivity contribution in [1.29, 1.82) is 0 Å². The topological polar surface area (TPSA) is 66.6 Å². The van der Waals surface area contributed by atoms with Crippen LogP contribution >= 0.6 is 0 Å². The van der Waals surface area contributed by atoms with E-state index in [4.69, 9.17) is 5.73 Å². The Bertz CT molecular complexity index is 590. The molecule has 1 aromatic carbocycles. The van der Waals surface area contributed by atoms with Crippen molar-refractivity contribution in [2.24, 2.45) is 5.73 Å². The van der Waals surface area contributed by atoms with Gasteiger partial charge in [-0.15, -0.1) is 0 Å². The number of hydrogen-bond donors (Lipinski definition) is 1. The second-order valence-electron chi connectivity index (χ2n) is 5.61. The quantitative estimate of drug-likeness (QED) is 0.887. The number of halogens is 1. The number of nitrogens with zero attached hydrogens (tertiary/aromatic N) is 2. The van der Waals surface area contributed by atoms with Crippen LogP contribution in [0.5, 0.6) is 0 Å². The van der Waals surface area contributed by atoms with Crippen molar-refractivity contribution in [3.63, 3.8) is 0 Å². The number of fused-ring (bicyclic) bond motifs is 1. The highest BCUT2D eigenvalue weighted by atomic mass is 19.1. The van der Waals surface area contributed by atoms with E-state index in [1.54, 1.807) is 11.0 Å². The van der Waals surface area contributed by atoms with Crippen molar-refractivity contribution in [3.05, 3.63) is 35.1 Å². The Morgan fingerprint density at radius 2 is 2.00 bits per heavy atom. The molecule has 2 aliphatic heterocycles. The summed E-state index contributed by atoms with van der Waals surface area (Å²) < 4.78 is 13.5. The first-order valence-corrected chi connectivity index (χ1v) is 7.15. The van der Waals surface area contributed by atoms with Gasteiger partial charge in [-0.05, 0) is 36.1 Å². The molecule has 2 N–H and O–H groups in total. The second kappa shape index (κ2) is 5.44. The summed E-state index contributed by atoms with van der Waals surface area (Å²) in [6.45, 7) is 1.23. The average molecular weight is 291 g/mol. The number of rotatable bonds is 3. The Morgan fingerprint density at radius 3 is 2.76 bits per heavy atom. The molecule has 5 nitrogen and oxygen atoms in total.